The first-order valence-corrected chi connectivity index (χ1v) is 9.23. The van der Waals surface area contributed by atoms with E-state index in [1.54, 1.807) is 25.4 Å². The number of aliphatic imine (C=N–C) groups is 1. The number of guanidine groups is 1. The Balaban J connectivity index is 0.00000320. The van der Waals surface area contributed by atoms with Gasteiger partial charge in [0.2, 0.25) is 5.91 Å². The third-order valence-electron chi connectivity index (χ3n) is 4.16. The first-order valence-electron chi connectivity index (χ1n) is 9.23. The van der Waals surface area contributed by atoms with Crippen LogP contribution in [0.25, 0.3) is 5.69 Å². The number of hydrogen-bond acceptors (Lipinski definition) is 3. The zero-order valence-corrected chi connectivity index (χ0v) is 18.8. The van der Waals surface area contributed by atoms with Gasteiger partial charge in [0.05, 0.1) is 12.2 Å². The smallest absolute Gasteiger partial charge is 0.243 e. The van der Waals surface area contributed by atoms with Gasteiger partial charge in [-0.05, 0) is 48.4 Å². The highest BCUT2D eigenvalue weighted by molar-refractivity contribution is 14.0. The third-order valence-corrected chi connectivity index (χ3v) is 4.16. The number of amides is 1. The summed E-state index contributed by atoms with van der Waals surface area (Å²) in [7, 11) is 1.64. The Labute approximate surface area is 191 Å². The molecule has 0 aliphatic heterocycles. The number of rotatable bonds is 7. The number of benzene rings is 2. The van der Waals surface area contributed by atoms with Crippen molar-refractivity contribution in [1.29, 1.82) is 0 Å². The van der Waals surface area contributed by atoms with Gasteiger partial charge in [-0.25, -0.2) is 9.07 Å². The van der Waals surface area contributed by atoms with Crippen LogP contribution in [0.1, 0.15) is 5.56 Å². The van der Waals surface area contributed by atoms with Crippen molar-refractivity contribution < 1.29 is 9.18 Å². The summed E-state index contributed by atoms with van der Waals surface area (Å²) in [6, 6.07) is 15.8. The lowest BCUT2D eigenvalue weighted by Gasteiger charge is -2.12. The van der Waals surface area contributed by atoms with Gasteiger partial charge in [-0.2, -0.15) is 5.10 Å². The highest BCUT2D eigenvalue weighted by Crippen LogP contribution is 2.09. The van der Waals surface area contributed by atoms with E-state index in [-0.39, 0.29) is 36.4 Å². The molecular formula is C21H24FIN6O. The van der Waals surface area contributed by atoms with Gasteiger partial charge >= 0.3 is 0 Å². The lowest BCUT2D eigenvalue weighted by molar-refractivity contribution is -0.115. The Kier molecular flexibility index (Phi) is 9.26. The molecule has 1 heterocycles. The first kappa shape index (κ1) is 23.3. The molecule has 9 heteroatoms. The minimum atomic E-state index is -0.397. The van der Waals surface area contributed by atoms with Crippen LogP contribution in [0, 0.1) is 5.82 Å². The molecule has 1 aromatic heterocycles. The molecule has 3 rings (SSSR count). The maximum Gasteiger partial charge on any atom is 0.243 e. The maximum atomic E-state index is 13.2. The number of nitrogens with one attached hydrogen (secondary N) is 3. The average molecular weight is 522 g/mol. The van der Waals surface area contributed by atoms with Crippen LogP contribution >= 0.6 is 24.0 Å². The first-order chi connectivity index (χ1) is 14.1. The Morgan fingerprint density at radius 3 is 2.60 bits per heavy atom. The molecule has 30 heavy (non-hydrogen) atoms. The fourth-order valence-corrected chi connectivity index (χ4v) is 2.72. The highest BCUT2D eigenvalue weighted by Gasteiger charge is 2.05. The Bertz CT molecular complexity index is 960. The standard InChI is InChI=1S/C21H23FN6O.HI/c1-23-21(25-15-20(29)27-18-5-2-4-17(22)14-18)24-12-10-16-6-8-19(9-7-16)28-13-3-11-26-28;/h2-9,11,13-14H,10,12,15H2,1H3,(H,27,29)(H2,23,24,25);1H. The van der Waals surface area contributed by atoms with Crippen LogP contribution < -0.4 is 16.0 Å². The van der Waals surface area contributed by atoms with Crippen molar-refractivity contribution in [2.24, 2.45) is 4.99 Å². The molecule has 1 amide bonds. The predicted octanol–water partition coefficient (Wildman–Crippen LogP) is 2.98. The lowest BCUT2D eigenvalue weighted by Crippen LogP contribution is -2.42. The molecule has 0 spiro atoms. The molecule has 0 bridgehead atoms. The van der Waals surface area contributed by atoms with Crippen molar-refractivity contribution in [3.05, 3.63) is 78.4 Å². The van der Waals surface area contributed by atoms with Gasteiger partial charge in [0.15, 0.2) is 5.96 Å². The van der Waals surface area contributed by atoms with Crippen molar-refractivity contribution in [2.75, 3.05) is 25.5 Å². The van der Waals surface area contributed by atoms with Crippen LogP contribution in [-0.4, -0.2) is 41.8 Å². The van der Waals surface area contributed by atoms with E-state index in [0.29, 0.717) is 18.2 Å². The molecule has 3 aromatic rings. The molecule has 0 atom stereocenters. The largest absolute Gasteiger partial charge is 0.356 e. The zero-order valence-electron chi connectivity index (χ0n) is 16.5. The van der Waals surface area contributed by atoms with E-state index < -0.39 is 5.82 Å². The van der Waals surface area contributed by atoms with E-state index >= 15 is 0 Å². The number of nitrogens with zero attached hydrogens (tertiary/aromatic N) is 3. The normalized spacial score (nSPS) is 10.8. The summed E-state index contributed by atoms with van der Waals surface area (Å²) in [6.45, 7) is 0.682. The summed E-state index contributed by atoms with van der Waals surface area (Å²) in [5, 5.41) is 12.9. The average Bonchev–Trinajstić information content (AvgIpc) is 3.26. The minimum absolute atomic E-state index is 0. The van der Waals surface area contributed by atoms with E-state index in [2.05, 4.69) is 38.2 Å². The number of aromatic nitrogens is 2. The lowest BCUT2D eigenvalue weighted by atomic mass is 10.1. The monoisotopic (exact) mass is 522 g/mol. The number of carbonyl (C=O) groups is 1. The number of hydrogen-bond donors (Lipinski definition) is 3. The van der Waals surface area contributed by atoms with E-state index in [1.807, 2.05) is 29.1 Å². The van der Waals surface area contributed by atoms with Gasteiger partial charge < -0.3 is 16.0 Å². The summed E-state index contributed by atoms with van der Waals surface area (Å²) >= 11 is 0. The second-order valence-corrected chi connectivity index (χ2v) is 6.28. The van der Waals surface area contributed by atoms with Crippen LogP contribution in [0.2, 0.25) is 0 Å². The fourth-order valence-electron chi connectivity index (χ4n) is 2.72. The molecule has 0 saturated heterocycles. The van der Waals surface area contributed by atoms with E-state index in [9.17, 15) is 9.18 Å². The predicted molar refractivity (Wildman–Crippen MR) is 127 cm³/mol. The highest BCUT2D eigenvalue weighted by atomic mass is 127. The van der Waals surface area contributed by atoms with Crippen molar-refractivity contribution in [1.82, 2.24) is 20.4 Å². The summed E-state index contributed by atoms with van der Waals surface area (Å²) in [5.41, 5.74) is 2.60. The maximum absolute atomic E-state index is 13.2. The van der Waals surface area contributed by atoms with Gasteiger partial charge in [-0.15, -0.1) is 24.0 Å². The van der Waals surface area contributed by atoms with Crippen molar-refractivity contribution >= 4 is 41.5 Å². The number of carbonyl (C=O) groups excluding carboxylic acids is 1. The number of anilines is 1. The van der Waals surface area contributed by atoms with Crippen LogP contribution in [-0.2, 0) is 11.2 Å². The Morgan fingerprint density at radius 1 is 1.13 bits per heavy atom. The zero-order chi connectivity index (χ0) is 20.5. The van der Waals surface area contributed by atoms with Crippen LogP contribution in [0.3, 0.4) is 0 Å². The van der Waals surface area contributed by atoms with Gasteiger partial charge in [0.25, 0.3) is 0 Å². The summed E-state index contributed by atoms with van der Waals surface area (Å²) in [6.07, 6.45) is 4.45. The van der Waals surface area contributed by atoms with E-state index in [0.717, 1.165) is 12.1 Å². The SMILES string of the molecule is CN=C(NCCc1ccc(-n2cccn2)cc1)NCC(=O)Nc1cccc(F)c1.I. The van der Waals surface area contributed by atoms with Crippen LogP contribution in [0.15, 0.2) is 72.0 Å². The molecule has 0 aliphatic carbocycles. The van der Waals surface area contributed by atoms with Crippen LogP contribution in [0.5, 0.6) is 0 Å². The molecule has 7 nitrogen and oxygen atoms in total. The summed E-state index contributed by atoms with van der Waals surface area (Å²) in [4.78, 5) is 16.1. The quantitative estimate of drug-likeness (QED) is 0.253. The van der Waals surface area contributed by atoms with E-state index in [1.165, 1.54) is 17.7 Å². The number of halogens is 2. The van der Waals surface area contributed by atoms with Crippen LogP contribution in [0.4, 0.5) is 10.1 Å². The molecule has 0 fully saturated rings. The molecule has 0 saturated carbocycles. The summed E-state index contributed by atoms with van der Waals surface area (Å²) in [5.74, 6) is -0.161. The molecule has 158 valence electrons. The van der Waals surface area contributed by atoms with Crippen molar-refractivity contribution in [3.63, 3.8) is 0 Å². The van der Waals surface area contributed by atoms with Gasteiger partial charge in [0, 0.05) is 31.7 Å². The topological polar surface area (TPSA) is 83.3 Å². The molecule has 0 unspecified atom stereocenters. The molecule has 0 aliphatic rings. The Hall–Kier alpha value is -2.95. The fraction of sp³-hybridized carbons (Fsp3) is 0.190. The molecule has 2 aromatic carbocycles. The molecular weight excluding hydrogens is 498 g/mol. The molecule has 3 N–H and O–H groups in total. The van der Waals surface area contributed by atoms with E-state index in [4.69, 9.17) is 0 Å². The van der Waals surface area contributed by atoms with Gasteiger partial charge in [-0.1, -0.05) is 18.2 Å². The third kappa shape index (κ3) is 7.14. The second-order valence-electron chi connectivity index (χ2n) is 6.28. The minimum Gasteiger partial charge on any atom is -0.356 e. The molecule has 0 radical (unpaired) electrons. The summed E-state index contributed by atoms with van der Waals surface area (Å²) < 4.78 is 15.0. The Morgan fingerprint density at radius 2 is 1.93 bits per heavy atom. The van der Waals surface area contributed by atoms with Gasteiger partial charge in [-0.3, -0.25) is 9.79 Å². The van der Waals surface area contributed by atoms with Gasteiger partial charge in [0.1, 0.15) is 5.82 Å². The van der Waals surface area contributed by atoms with Crippen molar-refractivity contribution in [2.45, 2.75) is 6.42 Å². The van der Waals surface area contributed by atoms with Crippen molar-refractivity contribution in [3.8, 4) is 5.69 Å². The second kappa shape index (κ2) is 11.9.